The molecule has 1 aromatic carbocycles. The molecule has 1 unspecified atom stereocenters. The van der Waals surface area contributed by atoms with E-state index in [2.05, 4.69) is 4.98 Å². The standard InChI is InChI=1S/C12H12Cl2N2O2/c1-2-18-12(17)11(15)7-5-16-9-4-6(13)3-8(14)10(7)9/h3-5,11,16H,2,15H2,1H3. The fourth-order valence-electron chi connectivity index (χ4n) is 1.81. The summed E-state index contributed by atoms with van der Waals surface area (Å²) in [4.78, 5) is 14.6. The SMILES string of the molecule is CCOC(=O)C(N)c1c[nH]c2cc(Cl)cc(Cl)c12. The molecule has 0 aliphatic rings. The zero-order valence-electron chi connectivity index (χ0n) is 9.67. The lowest BCUT2D eigenvalue weighted by Crippen LogP contribution is -2.23. The number of nitrogens with one attached hydrogen (secondary N) is 1. The summed E-state index contributed by atoms with van der Waals surface area (Å²) < 4.78 is 4.89. The van der Waals surface area contributed by atoms with Crippen LogP contribution < -0.4 is 5.73 Å². The average Bonchev–Trinajstić information content (AvgIpc) is 2.72. The number of fused-ring (bicyclic) bond motifs is 1. The van der Waals surface area contributed by atoms with E-state index in [0.29, 0.717) is 21.0 Å². The number of benzene rings is 1. The summed E-state index contributed by atoms with van der Waals surface area (Å²) in [6.45, 7) is 2.01. The number of esters is 1. The first kappa shape index (κ1) is 13.2. The number of carbonyl (C=O) groups is 1. The Kier molecular flexibility index (Phi) is 3.80. The maximum Gasteiger partial charge on any atom is 0.327 e. The number of halogens is 2. The molecule has 1 atom stereocenters. The lowest BCUT2D eigenvalue weighted by molar-refractivity contribution is -0.144. The van der Waals surface area contributed by atoms with Gasteiger partial charge in [0.15, 0.2) is 0 Å². The average molecular weight is 287 g/mol. The molecule has 0 spiro atoms. The summed E-state index contributed by atoms with van der Waals surface area (Å²) in [6.07, 6.45) is 1.65. The van der Waals surface area contributed by atoms with Crippen molar-refractivity contribution >= 4 is 40.1 Å². The van der Waals surface area contributed by atoms with Crippen LogP contribution in [-0.2, 0) is 9.53 Å². The second-order valence-corrected chi connectivity index (χ2v) is 4.63. The van der Waals surface area contributed by atoms with E-state index in [0.717, 1.165) is 5.52 Å². The zero-order valence-corrected chi connectivity index (χ0v) is 11.2. The predicted octanol–water partition coefficient (Wildman–Crippen LogP) is 3.04. The maximum atomic E-state index is 11.6. The van der Waals surface area contributed by atoms with Crippen molar-refractivity contribution in [2.45, 2.75) is 13.0 Å². The van der Waals surface area contributed by atoms with Gasteiger partial charge in [0.2, 0.25) is 0 Å². The molecule has 0 bridgehead atoms. The van der Waals surface area contributed by atoms with Gasteiger partial charge in [-0.15, -0.1) is 0 Å². The number of rotatable bonds is 3. The molecular formula is C12H12Cl2N2O2. The van der Waals surface area contributed by atoms with Gasteiger partial charge in [-0.05, 0) is 19.1 Å². The first-order chi connectivity index (χ1) is 8.54. The number of hydrogen-bond acceptors (Lipinski definition) is 3. The molecule has 4 nitrogen and oxygen atoms in total. The Morgan fingerprint density at radius 1 is 1.50 bits per heavy atom. The minimum Gasteiger partial charge on any atom is -0.465 e. The lowest BCUT2D eigenvalue weighted by Gasteiger charge is -2.10. The zero-order chi connectivity index (χ0) is 13.3. The molecule has 0 radical (unpaired) electrons. The van der Waals surface area contributed by atoms with E-state index < -0.39 is 12.0 Å². The van der Waals surface area contributed by atoms with Gasteiger partial charge in [-0.1, -0.05) is 23.2 Å². The maximum absolute atomic E-state index is 11.6. The Labute approximate surface area is 114 Å². The fourth-order valence-corrected chi connectivity index (χ4v) is 2.42. The molecule has 1 aromatic heterocycles. The number of carbonyl (C=O) groups excluding carboxylic acids is 1. The van der Waals surface area contributed by atoms with Crippen molar-refractivity contribution in [3.63, 3.8) is 0 Å². The Morgan fingerprint density at radius 2 is 2.22 bits per heavy atom. The molecule has 2 aromatic rings. The van der Waals surface area contributed by atoms with Crippen molar-refractivity contribution in [2.75, 3.05) is 6.61 Å². The van der Waals surface area contributed by atoms with Crippen LogP contribution in [0.25, 0.3) is 10.9 Å². The molecule has 1 heterocycles. The molecule has 3 N–H and O–H groups in total. The molecule has 0 aliphatic carbocycles. The first-order valence-corrected chi connectivity index (χ1v) is 6.18. The molecule has 6 heteroatoms. The van der Waals surface area contributed by atoms with Gasteiger partial charge in [-0.2, -0.15) is 0 Å². The van der Waals surface area contributed by atoms with Gasteiger partial charge in [-0.3, -0.25) is 0 Å². The van der Waals surface area contributed by atoms with E-state index in [-0.39, 0.29) is 6.61 Å². The third kappa shape index (κ3) is 2.32. The van der Waals surface area contributed by atoms with E-state index >= 15 is 0 Å². The van der Waals surface area contributed by atoms with E-state index in [4.69, 9.17) is 33.7 Å². The highest BCUT2D eigenvalue weighted by atomic mass is 35.5. The van der Waals surface area contributed by atoms with E-state index in [1.807, 2.05) is 0 Å². The molecule has 0 fully saturated rings. The van der Waals surface area contributed by atoms with Crippen LogP contribution in [0.1, 0.15) is 18.5 Å². The van der Waals surface area contributed by atoms with Crippen LogP contribution in [0.2, 0.25) is 10.0 Å². The molecule has 0 saturated carbocycles. The van der Waals surface area contributed by atoms with Crippen molar-refractivity contribution in [3.8, 4) is 0 Å². The highest BCUT2D eigenvalue weighted by Gasteiger charge is 2.22. The van der Waals surface area contributed by atoms with Crippen molar-refractivity contribution < 1.29 is 9.53 Å². The van der Waals surface area contributed by atoms with Gasteiger partial charge >= 0.3 is 5.97 Å². The third-order valence-electron chi connectivity index (χ3n) is 2.60. The summed E-state index contributed by atoms with van der Waals surface area (Å²) in [5.41, 5.74) is 7.20. The number of aromatic nitrogens is 1. The summed E-state index contributed by atoms with van der Waals surface area (Å²) in [5.74, 6) is -0.482. The summed E-state index contributed by atoms with van der Waals surface area (Å²) in [7, 11) is 0. The first-order valence-electron chi connectivity index (χ1n) is 5.42. The monoisotopic (exact) mass is 286 g/mol. The van der Waals surface area contributed by atoms with Crippen molar-refractivity contribution in [1.82, 2.24) is 4.98 Å². The van der Waals surface area contributed by atoms with E-state index in [1.165, 1.54) is 0 Å². The molecule has 18 heavy (non-hydrogen) atoms. The van der Waals surface area contributed by atoms with Crippen molar-refractivity contribution in [3.05, 3.63) is 33.9 Å². The fraction of sp³-hybridized carbons (Fsp3) is 0.250. The van der Waals surface area contributed by atoms with Crippen LogP contribution in [0.15, 0.2) is 18.3 Å². The second kappa shape index (κ2) is 5.18. The topological polar surface area (TPSA) is 68.1 Å². The van der Waals surface area contributed by atoms with Crippen LogP contribution in [0.4, 0.5) is 0 Å². The summed E-state index contributed by atoms with van der Waals surface area (Å²) in [6, 6.07) is 2.47. The lowest BCUT2D eigenvalue weighted by atomic mass is 10.1. The van der Waals surface area contributed by atoms with Gasteiger partial charge in [0, 0.05) is 27.7 Å². The molecule has 0 amide bonds. The summed E-state index contributed by atoms with van der Waals surface area (Å²) in [5, 5.41) is 1.67. The number of nitrogens with two attached hydrogens (primary N) is 1. The molecule has 0 aliphatic heterocycles. The van der Waals surface area contributed by atoms with Crippen molar-refractivity contribution in [1.29, 1.82) is 0 Å². The third-order valence-corrected chi connectivity index (χ3v) is 3.12. The van der Waals surface area contributed by atoms with Crippen LogP contribution in [0, 0.1) is 0 Å². The Balaban J connectivity index is 2.49. The highest BCUT2D eigenvalue weighted by molar-refractivity contribution is 6.38. The molecular weight excluding hydrogens is 275 g/mol. The van der Waals surface area contributed by atoms with E-state index in [9.17, 15) is 4.79 Å². The van der Waals surface area contributed by atoms with Gasteiger partial charge in [0.1, 0.15) is 6.04 Å². The molecule has 2 rings (SSSR count). The predicted molar refractivity (Wildman–Crippen MR) is 71.9 cm³/mol. The van der Waals surface area contributed by atoms with Gasteiger partial charge in [-0.25, -0.2) is 4.79 Å². The van der Waals surface area contributed by atoms with Crippen LogP contribution in [0.3, 0.4) is 0 Å². The van der Waals surface area contributed by atoms with Gasteiger partial charge in [0.25, 0.3) is 0 Å². The second-order valence-electron chi connectivity index (χ2n) is 3.78. The summed E-state index contributed by atoms with van der Waals surface area (Å²) >= 11 is 12.0. The Hall–Kier alpha value is -1.23. The Bertz CT molecular complexity index is 595. The minimum absolute atomic E-state index is 0.286. The van der Waals surface area contributed by atoms with Gasteiger partial charge < -0.3 is 15.5 Å². The quantitative estimate of drug-likeness (QED) is 0.852. The number of H-pyrrole nitrogens is 1. The largest absolute Gasteiger partial charge is 0.465 e. The van der Waals surface area contributed by atoms with Crippen LogP contribution >= 0.6 is 23.2 Å². The Morgan fingerprint density at radius 3 is 2.89 bits per heavy atom. The number of hydrogen-bond donors (Lipinski definition) is 2. The van der Waals surface area contributed by atoms with E-state index in [1.54, 1.807) is 25.3 Å². The number of aromatic amines is 1. The van der Waals surface area contributed by atoms with Crippen LogP contribution in [-0.4, -0.2) is 17.6 Å². The smallest absolute Gasteiger partial charge is 0.327 e. The van der Waals surface area contributed by atoms with Crippen molar-refractivity contribution in [2.24, 2.45) is 5.73 Å². The molecule has 0 saturated heterocycles. The van der Waals surface area contributed by atoms with Crippen LogP contribution in [0.5, 0.6) is 0 Å². The minimum atomic E-state index is -0.864. The van der Waals surface area contributed by atoms with Gasteiger partial charge in [0.05, 0.1) is 11.6 Å². The normalized spacial score (nSPS) is 12.7. The highest BCUT2D eigenvalue weighted by Crippen LogP contribution is 2.32. The molecule has 96 valence electrons. The number of ether oxygens (including phenoxy) is 1.